The monoisotopic (exact) mass is 201 g/mol. The highest BCUT2D eigenvalue weighted by atomic mass is 16.5. The van der Waals surface area contributed by atoms with Crippen LogP contribution >= 0.6 is 0 Å². The lowest BCUT2D eigenvalue weighted by Gasteiger charge is -2.35. The SMILES string of the molecule is CCCC1CC(O)(C(=O)OC)CCN1. The van der Waals surface area contributed by atoms with Crippen molar-refractivity contribution in [1.29, 1.82) is 0 Å². The Morgan fingerprint density at radius 3 is 3.00 bits per heavy atom. The zero-order valence-electron chi connectivity index (χ0n) is 8.88. The Bertz CT molecular complexity index is 206. The van der Waals surface area contributed by atoms with Crippen molar-refractivity contribution < 1.29 is 14.6 Å². The highest BCUT2D eigenvalue weighted by Crippen LogP contribution is 2.24. The molecular formula is C10H19NO3. The van der Waals surface area contributed by atoms with Crippen LogP contribution in [0.5, 0.6) is 0 Å². The Labute approximate surface area is 84.6 Å². The highest BCUT2D eigenvalue weighted by Gasteiger charge is 2.41. The topological polar surface area (TPSA) is 58.6 Å². The molecule has 0 aromatic carbocycles. The Kier molecular flexibility index (Phi) is 3.89. The molecule has 0 spiro atoms. The molecule has 1 fully saturated rings. The molecule has 0 saturated carbocycles. The van der Waals surface area contributed by atoms with Crippen molar-refractivity contribution in [2.24, 2.45) is 0 Å². The lowest BCUT2D eigenvalue weighted by molar-refractivity contribution is -0.166. The van der Waals surface area contributed by atoms with Crippen molar-refractivity contribution in [2.75, 3.05) is 13.7 Å². The first-order valence-corrected chi connectivity index (χ1v) is 5.16. The molecule has 4 nitrogen and oxygen atoms in total. The van der Waals surface area contributed by atoms with Gasteiger partial charge in [0.2, 0.25) is 0 Å². The third-order valence-electron chi connectivity index (χ3n) is 2.76. The van der Waals surface area contributed by atoms with Gasteiger partial charge >= 0.3 is 5.97 Å². The number of hydrogen-bond donors (Lipinski definition) is 2. The van der Waals surface area contributed by atoms with Crippen LogP contribution in [-0.2, 0) is 9.53 Å². The van der Waals surface area contributed by atoms with E-state index in [2.05, 4.69) is 17.0 Å². The molecule has 0 radical (unpaired) electrons. The van der Waals surface area contributed by atoms with E-state index in [-0.39, 0.29) is 6.04 Å². The predicted molar refractivity (Wildman–Crippen MR) is 52.9 cm³/mol. The van der Waals surface area contributed by atoms with Gasteiger partial charge in [0.15, 0.2) is 5.60 Å². The molecule has 0 aromatic heterocycles. The van der Waals surface area contributed by atoms with Gasteiger partial charge in [-0.2, -0.15) is 0 Å². The third kappa shape index (κ3) is 2.45. The van der Waals surface area contributed by atoms with Crippen LogP contribution in [0, 0.1) is 0 Å². The van der Waals surface area contributed by atoms with Gasteiger partial charge in [0, 0.05) is 12.5 Å². The lowest BCUT2D eigenvalue weighted by Crippen LogP contribution is -2.52. The van der Waals surface area contributed by atoms with Gasteiger partial charge in [-0.15, -0.1) is 0 Å². The first-order chi connectivity index (χ1) is 6.62. The summed E-state index contributed by atoms with van der Waals surface area (Å²) >= 11 is 0. The number of piperidine rings is 1. The average molecular weight is 201 g/mol. The van der Waals surface area contributed by atoms with Crippen LogP contribution in [-0.4, -0.2) is 36.4 Å². The Morgan fingerprint density at radius 2 is 2.43 bits per heavy atom. The fourth-order valence-electron chi connectivity index (χ4n) is 1.99. The molecule has 2 unspecified atom stereocenters. The van der Waals surface area contributed by atoms with E-state index in [0.29, 0.717) is 19.4 Å². The maximum Gasteiger partial charge on any atom is 0.337 e. The fraction of sp³-hybridized carbons (Fsp3) is 0.900. The smallest absolute Gasteiger partial charge is 0.337 e. The molecule has 0 aromatic rings. The number of nitrogens with one attached hydrogen (secondary N) is 1. The number of carbonyl (C=O) groups is 1. The van der Waals surface area contributed by atoms with Crippen molar-refractivity contribution in [3.05, 3.63) is 0 Å². The fourth-order valence-corrected chi connectivity index (χ4v) is 1.99. The van der Waals surface area contributed by atoms with Crippen molar-refractivity contribution in [3.63, 3.8) is 0 Å². The van der Waals surface area contributed by atoms with Gasteiger partial charge in [-0.25, -0.2) is 4.79 Å². The molecule has 1 aliphatic heterocycles. The molecule has 1 aliphatic rings. The molecule has 0 aliphatic carbocycles. The first-order valence-electron chi connectivity index (χ1n) is 5.16. The maximum atomic E-state index is 11.3. The Balaban J connectivity index is 2.57. The molecule has 1 heterocycles. The second-order valence-electron chi connectivity index (χ2n) is 3.92. The van der Waals surface area contributed by atoms with Gasteiger partial charge in [0.05, 0.1) is 7.11 Å². The predicted octanol–water partition coefficient (Wildman–Crippen LogP) is 0.443. The third-order valence-corrected chi connectivity index (χ3v) is 2.76. The summed E-state index contributed by atoms with van der Waals surface area (Å²) in [7, 11) is 1.32. The van der Waals surface area contributed by atoms with E-state index >= 15 is 0 Å². The minimum atomic E-state index is -1.26. The van der Waals surface area contributed by atoms with E-state index in [0.717, 1.165) is 12.8 Å². The molecule has 2 N–H and O–H groups in total. The Hall–Kier alpha value is -0.610. The molecular weight excluding hydrogens is 182 g/mol. The largest absolute Gasteiger partial charge is 0.467 e. The highest BCUT2D eigenvalue weighted by molar-refractivity contribution is 5.79. The van der Waals surface area contributed by atoms with Gasteiger partial charge < -0.3 is 15.2 Å². The number of hydrogen-bond acceptors (Lipinski definition) is 4. The van der Waals surface area contributed by atoms with Crippen molar-refractivity contribution in [1.82, 2.24) is 5.32 Å². The zero-order chi connectivity index (χ0) is 10.6. The summed E-state index contributed by atoms with van der Waals surface area (Å²) < 4.78 is 4.60. The van der Waals surface area contributed by atoms with Gasteiger partial charge in [0.1, 0.15) is 0 Å². The first kappa shape index (κ1) is 11.5. The summed E-state index contributed by atoms with van der Waals surface area (Å²) in [6.45, 7) is 2.77. The van der Waals surface area contributed by atoms with Gasteiger partial charge in [-0.05, 0) is 19.4 Å². The van der Waals surface area contributed by atoms with E-state index in [1.54, 1.807) is 0 Å². The molecule has 1 rings (SSSR count). The number of aliphatic hydroxyl groups is 1. The number of esters is 1. The maximum absolute atomic E-state index is 11.3. The summed E-state index contributed by atoms with van der Waals surface area (Å²) in [4.78, 5) is 11.3. The molecule has 1 saturated heterocycles. The second kappa shape index (κ2) is 4.75. The van der Waals surface area contributed by atoms with Crippen LogP contribution in [0.2, 0.25) is 0 Å². The van der Waals surface area contributed by atoms with Gasteiger partial charge in [0.25, 0.3) is 0 Å². The molecule has 82 valence electrons. The van der Waals surface area contributed by atoms with Crippen LogP contribution in [0.4, 0.5) is 0 Å². The number of rotatable bonds is 3. The van der Waals surface area contributed by atoms with Crippen molar-refractivity contribution >= 4 is 5.97 Å². The quantitative estimate of drug-likeness (QED) is 0.651. The average Bonchev–Trinajstić information content (AvgIpc) is 2.17. The van der Waals surface area contributed by atoms with E-state index in [1.165, 1.54) is 7.11 Å². The molecule has 2 atom stereocenters. The van der Waals surface area contributed by atoms with Crippen LogP contribution < -0.4 is 5.32 Å². The van der Waals surface area contributed by atoms with Gasteiger partial charge in [-0.1, -0.05) is 13.3 Å². The normalized spacial score (nSPS) is 32.6. The van der Waals surface area contributed by atoms with Crippen molar-refractivity contribution in [2.45, 2.75) is 44.2 Å². The summed E-state index contributed by atoms with van der Waals surface area (Å²) in [6.07, 6.45) is 2.95. The Morgan fingerprint density at radius 1 is 1.71 bits per heavy atom. The number of carbonyl (C=O) groups excluding carboxylic acids is 1. The molecule has 14 heavy (non-hydrogen) atoms. The van der Waals surface area contributed by atoms with E-state index in [4.69, 9.17) is 0 Å². The van der Waals surface area contributed by atoms with Gasteiger partial charge in [-0.3, -0.25) is 0 Å². The zero-order valence-corrected chi connectivity index (χ0v) is 8.88. The van der Waals surface area contributed by atoms with E-state index in [1.807, 2.05) is 0 Å². The molecule has 4 heteroatoms. The van der Waals surface area contributed by atoms with Crippen LogP contribution in [0.3, 0.4) is 0 Å². The van der Waals surface area contributed by atoms with Crippen LogP contribution in [0.25, 0.3) is 0 Å². The number of methoxy groups -OCH3 is 1. The summed E-state index contributed by atoms with van der Waals surface area (Å²) in [6, 6.07) is 0.234. The summed E-state index contributed by atoms with van der Waals surface area (Å²) in [5.41, 5.74) is -1.26. The van der Waals surface area contributed by atoms with Crippen LogP contribution in [0.15, 0.2) is 0 Å². The molecule has 0 bridgehead atoms. The lowest BCUT2D eigenvalue weighted by atomic mass is 9.86. The minimum absolute atomic E-state index is 0.234. The standard InChI is InChI=1S/C10H19NO3/c1-3-4-8-7-10(13,5-6-11-8)9(12)14-2/h8,11,13H,3-7H2,1-2H3. The summed E-state index contributed by atoms with van der Waals surface area (Å²) in [5, 5.41) is 13.3. The minimum Gasteiger partial charge on any atom is -0.467 e. The van der Waals surface area contributed by atoms with Crippen molar-refractivity contribution in [3.8, 4) is 0 Å². The number of ether oxygens (including phenoxy) is 1. The van der Waals surface area contributed by atoms with Crippen LogP contribution in [0.1, 0.15) is 32.6 Å². The second-order valence-corrected chi connectivity index (χ2v) is 3.92. The van der Waals surface area contributed by atoms with E-state index in [9.17, 15) is 9.90 Å². The summed E-state index contributed by atoms with van der Waals surface area (Å²) in [5.74, 6) is -0.500. The molecule has 0 amide bonds. The van der Waals surface area contributed by atoms with E-state index < -0.39 is 11.6 Å².